The van der Waals surface area contributed by atoms with E-state index in [0.29, 0.717) is 0 Å². The summed E-state index contributed by atoms with van der Waals surface area (Å²) in [6.45, 7) is 21.1. The van der Waals surface area contributed by atoms with Crippen molar-refractivity contribution in [1.29, 1.82) is 0 Å². The molecule has 0 amide bonds. The molecule has 0 fully saturated rings. The average Bonchev–Trinajstić information content (AvgIpc) is 2.69. The molecule has 184 valence electrons. The van der Waals surface area contributed by atoms with Crippen molar-refractivity contribution in [3.63, 3.8) is 0 Å². The van der Waals surface area contributed by atoms with Gasteiger partial charge < -0.3 is 0 Å². The maximum atomic E-state index is 13.4. The summed E-state index contributed by atoms with van der Waals surface area (Å²) >= 11 is -5.86. The predicted molar refractivity (Wildman–Crippen MR) is 122 cm³/mol. The molecule has 2 heterocycles. The Balaban J connectivity index is 2.73. The Morgan fingerprint density at radius 1 is 0.394 bits per heavy atom. The van der Waals surface area contributed by atoms with Gasteiger partial charge in [0.25, 0.3) is 0 Å². The van der Waals surface area contributed by atoms with E-state index in [1.807, 2.05) is 0 Å². The SMILES string of the molecule is CC(C)(C)C1=C(C(C)(C)C)C(=O)[O][Sn]2([O]C1=O)[O]C(=O)C(C(C)(C)C)=C(C(C)(C)C)C(=O)[O]2. The first-order valence-corrected chi connectivity index (χ1v) is 15.6. The van der Waals surface area contributed by atoms with E-state index in [1.165, 1.54) is 0 Å². The summed E-state index contributed by atoms with van der Waals surface area (Å²) in [7, 11) is 0. The first-order chi connectivity index (χ1) is 14.5. The average molecular weight is 571 g/mol. The van der Waals surface area contributed by atoms with Gasteiger partial charge in [-0.15, -0.1) is 0 Å². The van der Waals surface area contributed by atoms with Crippen molar-refractivity contribution < 1.29 is 31.5 Å². The second-order valence-corrected chi connectivity index (χ2v) is 17.7. The zero-order chi connectivity index (χ0) is 25.9. The van der Waals surface area contributed by atoms with Gasteiger partial charge in [0, 0.05) is 0 Å². The molecular weight excluding hydrogens is 535 g/mol. The van der Waals surface area contributed by atoms with Gasteiger partial charge in [0.1, 0.15) is 0 Å². The number of hydrogen-bond donors (Lipinski definition) is 0. The molecule has 8 nitrogen and oxygen atoms in total. The molecule has 9 heteroatoms. The predicted octanol–water partition coefficient (Wildman–Crippen LogP) is 4.40. The Bertz CT molecular complexity index is 812. The third-order valence-corrected chi connectivity index (χ3v) is 10.2. The number of hydrogen-bond acceptors (Lipinski definition) is 8. The Hall–Kier alpha value is -1.84. The van der Waals surface area contributed by atoms with Crippen LogP contribution in [-0.2, 0) is 31.5 Å². The standard InChI is InChI=1S/2C12H20O4.Sn/c2*1-11(2,3)7(9(13)14)8(10(15)16)12(4,5)6;/h2*1-6H3,(H,13,14)(H,15,16);/q;;+4/p-4. The second-order valence-electron chi connectivity index (χ2n) is 12.6. The Morgan fingerprint density at radius 2 is 0.545 bits per heavy atom. The van der Waals surface area contributed by atoms with Gasteiger partial charge in [0.2, 0.25) is 0 Å². The van der Waals surface area contributed by atoms with Crippen molar-refractivity contribution >= 4 is 43.9 Å². The molecule has 0 N–H and O–H groups in total. The van der Waals surface area contributed by atoms with Crippen molar-refractivity contribution in [1.82, 2.24) is 0 Å². The summed E-state index contributed by atoms with van der Waals surface area (Å²) in [5.41, 5.74) is -2.76. The molecule has 0 saturated heterocycles. The Kier molecular flexibility index (Phi) is 6.75. The molecule has 0 aromatic heterocycles. The molecule has 0 saturated carbocycles. The zero-order valence-electron chi connectivity index (χ0n) is 21.8. The van der Waals surface area contributed by atoms with Crippen LogP contribution in [-0.4, -0.2) is 43.9 Å². The van der Waals surface area contributed by atoms with Gasteiger partial charge in [0.15, 0.2) is 0 Å². The molecular formula is C24H36O8Sn. The van der Waals surface area contributed by atoms with Gasteiger partial charge in [-0.1, -0.05) is 0 Å². The monoisotopic (exact) mass is 572 g/mol. The third-order valence-electron chi connectivity index (χ3n) is 5.19. The number of carbonyl (C=O) groups excluding carboxylic acids is 4. The molecule has 0 aromatic rings. The Morgan fingerprint density at radius 3 is 0.667 bits per heavy atom. The van der Waals surface area contributed by atoms with Crippen LogP contribution < -0.4 is 0 Å². The van der Waals surface area contributed by atoms with Crippen LogP contribution in [0.2, 0.25) is 0 Å². The summed E-state index contributed by atoms with van der Waals surface area (Å²) in [5.74, 6) is -3.53. The summed E-state index contributed by atoms with van der Waals surface area (Å²) < 4.78 is 22.3. The molecule has 2 rings (SSSR count). The van der Waals surface area contributed by atoms with E-state index in [0.717, 1.165) is 0 Å². The van der Waals surface area contributed by atoms with E-state index < -0.39 is 65.6 Å². The first-order valence-electron chi connectivity index (χ1n) is 10.9. The van der Waals surface area contributed by atoms with Gasteiger partial charge >= 0.3 is 202 Å². The van der Waals surface area contributed by atoms with Crippen LogP contribution in [0.1, 0.15) is 83.1 Å². The van der Waals surface area contributed by atoms with E-state index in [4.69, 9.17) is 12.3 Å². The minimum atomic E-state index is -5.86. The molecule has 0 radical (unpaired) electrons. The van der Waals surface area contributed by atoms with Gasteiger partial charge in [-0.2, -0.15) is 0 Å². The molecule has 0 aromatic carbocycles. The van der Waals surface area contributed by atoms with Crippen molar-refractivity contribution in [3.8, 4) is 0 Å². The van der Waals surface area contributed by atoms with Gasteiger partial charge in [-0.25, -0.2) is 0 Å². The van der Waals surface area contributed by atoms with Crippen LogP contribution in [0.5, 0.6) is 0 Å². The van der Waals surface area contributed by atoms with E-state index in [-0.39, 0.29) is 22.3 Å². The molecule has 0 aliphatic carbocycles. The molecule has 0 bridgehead atoms. The van der Waals surface area contributed by atoms with E-state index in [2.05, 4.69) is 0 Å². The van der Waals surface area contributed by atoms with Crippen molar-refractivity contribution in [3.05, 3.63) is 22.3 Å². The first kappa shape index (κ1) is 27.4. The summed E-state index contributed by atoms with van der Waals surface area (Å²) in [4.78, 5) is 53.5. The van der Waals surface area contributed by atoms with Crippen LogP contribution in [0.4, 0.5) is 0 Å². The molecule has 1 spiro atoms. The molecule has 33 heavy (non-hydrogen) atoms. The third kappa shape index (κ3) is 5.46. The number of rotatable bonds is 0. The van der Waals surface area contributed by atoms with Gasteiger partial charge in [0.05, 0.1) is 0 Å². The van der Waals surface area contributed by atoms with Crippen molar-refractivity contribution in [2.24, 2.45) is 21.7 Å². The summed E-state index contributed by atoms with van der Waals surface area (Å²) in [5, 5.41) is 0. The second kappa shape index (κ2) is 8.13. The van der Waals surface area contributed by atoms with Crippen molar-refractivity contribution in [2.45, 2.75) is 83.1 Å². The molecule has 2 aliphatic heterocycles. The van der Waals surface area contributed by atoms with Crippen LogP contribution in [0.25, 0.3) is 0 Å². The normalized spacial score (nSPS) is 20.7. The zero-order valence-corrected chi connectivity index (χ0v) is 24.6. The minimum absolute atomic E-state index is 0.102. The molecule has 0 atom stereocenters. The maximum absolute atomic E-state index is 13.4. The fourth-order valence-corrected chi connectivity index (χ4v) is 8.39. The molecule has 0 unspecified atom stereocenters. The fraction of sp³-hybridized carbons (Fsp3) is 0.667. The van der Waals surface area contributed by atoms with Crippen LogP contribution in [0.15, 0.2) is 22.3 Å². The van der Waals surface area contributed by atoms with Crippen LogP contribution in [0.3, 0.4) is 0 Å². The topological polar surface area (TPSA) is 105 Å². The van der Waals surface area contributed by atoms with Gasteiger partial charge in [-0.3, -0.25) is 0 Å². The van der Waals surface area contributed by atoms with E-state index >= 15 is 0 Å². The number of carbonyl (C=O) groups is 4. The molecule has 2 aliphatic rings. The van der Waals surface area contributed by atoms with E-state index in [9.17, 15) is 19.2 Å². The van der Waals surface area contributed by atoms with Gasteiger partial charge in [-0.05, 0) is 0 Å². The summed E-state index contributed by atoms with van der Waals surface area (Å²) in [6.07, 6.45) is 0. The van der Waals surface area contributed by atoms with Crippen LogP contribution in [0, 0.1) is 21.7 Å². The van der Waals surface area contributed by atoms with Crippen LogP contribution >= 0.6 is 0 Å². The van der Waals surface area contributed by atoms with E-state index in [1.54, 1.807) is 83.1 Å². The summed E-state index contributed by atoms with van der Waals surface area (Å²) in [6, 6.07) is 0. The fourth-order valence-electron chi connectivity index (χ4n) is 3.92. The quantitative estimate of drug-likeness (QED) is 0.395. The van der Waals surface area contributed by atoms with Crippen molar-refractivity contribution in [2.75, 3.05) is 0 Å². The Labute approximate surface area is 202 Å².